The van der Waals surface area contributed by atoms with Crippen LogP contribution < -0.4 is 26.7 Å². The molecule has 0 bridgehead atoms. The molecule has 2 heterocycles. The molecule has 2 aromatic rings. The Balaban J connectivity index is 1.86. The molecule has 0 unspecified atom stereocenters. The van der Waals surface area contributed by atoms with Gasteiger partial charge in [-0.3, -0.25) is 14.4 Å². The summed E-state index contributed by atoms with van der Waals surface area (Å²) in [5.74, 6) is -0.938. The Kier molecular flexibility index (Phi) is 5.11. The molecule has 1 aromatic heterocycles. The second-order valence-corrected chi connectivity index (χ2v) is 6.28. The predicted molar refractivity (Wildman–Crippen MR) is 95.0 cm³/mol. The minimum Gasteiger partial charge on any atom is -0.497 e. The van der Waals surface area contributed by atoms with Crippen LogP contribution in [0.3, 0.4) is 0 Å². The number of ether oxygens (including phenoxy) is 1. The van der Waals surface area contributed by atoms with Gasteiger partial charge in [-0.1, -0.05) is 0 Å². The second kappa shape index (κ2) is 7.48. The summed E-state index contributed by atoms with van der Waals surface area (Å²) in [5, 5.41) is 5.68. The van der Waals surface area contributed by atoms with Crippen LogP contribution in [0.25, 0.3) is 11.0 Å². The van der Waals surface area contributed by atoms with Crippen LogP contribution in [0.5, 0.6) is 5.75 Å². The molecular weight excluding hydrogens is 354 g/mol. The SMILES string of the molecule is COc1ccc2c(C[C@H](NC(=O)[C@H]3CCC(=O)N3)C(N)=O)cc(=O)oc2c1. The number of carbonyl (C=O) groups is 3. The number of nitrogens with one attached hydrogen (secondary N) is 2. The van der Waals surface area contributed by atoms with Crippen molar-refractivity contribution >= 4 is 28.7 Å². The van der Waals surface area contributed by atoms with Crippen molar-refractivity contribution in [2.75, 3.05) is 7.11 Å². The van der Waals surface area contributed by atoms with Crippen molar-refractivity contribution in [1.82, 2.24) is 10.6 Å². The van der Waals surface area contributed by atoms with E-state index in [9.17, 15) is 19.2 Å². The second-order valence-electron chi connectivity index (χ2n) is 6.28. The molecule has 4 N–H and O–H groups in total. The maximum Gasteiger partial charge on any atom is 0.336 e. The van der Waals surface area contributed by atoms with Gasteiger partial charge in [0.15, 0.2) is 0 Å². The zero-order valence-electron chi connectivity index (χ0n) is 14.6. The molecule has 0 radical (unpaired) electrons. The lowest BCUT2D eigenvalue weighted by atomic mass is 10.0. The number of hydrogen-bond acceptors (Lipinski definition) is 6. The minimum absolute atomic E-state index is 0.0101. The van der Waals surface area contributed by atoms with Crippen molar-refractivity contribution in [1.29, 1.82) is 0 Å². The summed E-state index contributed by atoms with van der Waals surface area (Å²) in [7, 11) is 1.49. The van der Waals surface area contributed by atoms with Crippen LogP contribution in [0.2, 0.25) is 0 Å². The lowest BCUT2D eigenvalue weighted by molar-refractivity contribution is -0.129. The molecule has 3 amide bonds. The van der Waals surface area contributed by atoms with Crippen LogP contribution >= 0.6 is 0 Å². The number of amides is 3. The van der Waals surface area contributed by atoms with Crippen molar-refractivity contribution in [3.8, 4) is 5.75 Å². The Labute approximate surface area is 153 Å². The molecule has 1 saturated heterocycles. The molecule has 0 saturated carbocycles. The average molecular weight is 373 g/mol. The van der Waals surface area contributed by atoms with E-state index in [-0.39, 0.29) is 18.7 Å². The highest BCUT2D eigenvalue weighted by atomic mass is 16.5. The Bertz CT molecular complexity index is 967. The Hall–Kier alpha value is -3.36. The summed E-state index contributed by atoms with van der Waals surface area (Å²) >= 11 is 0. The third-order valence-electron chi connectivity index (χ3n) is 4.43. The molecule has 142 valence electrons. The van der Waals surface area contributed by atoms with Crippen LogP contribution in [0.1, 0.15) is 18.4 Å². The quantitative estimate of drug-likeness (QED) is 0.588. The van der Waals surface area contributed by atoms with E-state index in [1.54, 1.807) is 18.2 Å². The molecule has 27 heavy (non-hydrogen) atoms. The Morgan fingerprint density at radius 1 is 1.37 bits per heavy atom. The van der Waals surface area contributed by atoms with Crippen molar-refractivity contribution in [2.45, 2.75) is 31.3 Å². The first-order valence-corrected chi connectivity index (χ1v) is 8.37. The third-order valence-corrected chi connectivity index (χ3v) is 4.43. The van der Waals surface area contributed by atoms with Gasteiger partial charge in [0.1, 0.15) is 23.4 Å². The molecule has 1 fully saturated rings. The third kappa shape index (κ3) is 4.08. The van der Waals surface area contributed by atoms with E-state index in [4.69, 9.17) is 14.9 Å². The van der Waals surface area contributed by atoms with E-state index in [1.165, 1.54) is 13.2 Å². The van der Waals surface area contributed by atoms with Crippen molar-refractivity contribution in [3.05, 3.63) is 40.2 Å². The molecular formula is C18H19N3O6. The van der Waals surface area contributed by atoms with Gasteiger partial charge in [0, 0.05) is 30.4 Å². The fourth-order valence-electron chi connectivity index (χ4n) is 3.03. The van der Waals surface area contributed by atoms with Crippen molar-refractivity contribution in [2.24, 2.45) is 5.73 Å². The van der Waals surface area contributed by atoms with Gasteiger partial charge in [-0.2, -0.15) is 0 Å². The molecule has 9 nitrogen and oxygen atoms in total. The zero-order valence-corrected chi connectivity index (χ0v) is 14.6. The van der Waals surface area contributed by atoms with Gasteiger partial charge in [-0.05, 0) is 24.1 Å². The van der Waals surface area contributed by atoms with E-state index in [0.717, 1.165) is 0 Å². The normalized spacial score (nSPS) is 17.4. The van der Waals surface area contributed by atoms with Crippen LogP contribution in [0, 0.1) is 0 Å². The van der Waals surface area contributed by atoms with Gasteiger partial charge < -0.3 is 25.5 Å². The van der Waals surface area contributed by atoms with Gasteiger partial charge >= 0.3 is 5.63 Å². The van der Waals surface area contributed by atoms with E-state index in [1.807, 2.05) is 0 Å². The molecule has 0 spiro atoms. The fraction of sp³-hybridized carbons (Fsp3) is 0.333. The van der Waals surface area contributed by atoms with Gasteiger partial charge in [-0.25, -0.2) is 4.79 Å². The first kappa shape index (κ1) is 18.4. The van der Waals surface area contributed by atoms with E-state index < -0.39 is 29.5 Å². The van der Waals surface area contributed by atoms with Crippen molar-refractivity contribution < 1.29 is 23.5 Å². The number of hydrogen-bond donors (Lipinski definition) is 3. The van der Waals surface area contributed by atoms with Crippen LogP contribution in [-0.4, -0.2) is 36.9 Å². The first-order valence-electron chi connectivity index (χ1n) is 8.37. The zero-order chi connectivity index (χ0) is 19.6. The van der Waals surface area contributed by atoms with Crippen LogP contribution in [0.4, 0.5) is 0 Å². The highest BCUT2D eigenvalue weighted by molar-refractivity contribution is 5.94. The number of primary amides is 1. The topological polar surface area (TPSA) is 141 Å². The highest BCUT2D eigenvalue weighted by Gasteiger charge is 2.30. The maximum atomic E-state index is 12.3. The first-order chi connectivity index (χ1) is 12.9. The number of rotatable bonds is 6. The van der Waals surface area contributed by atoms with Crippen LogP contribution in [0.15, 0.2) is 33.5 Å². The summed E-state index contributed by atoms with van der Waals surface area (Å²) in [6.45, 7) is 0. The maximum absolute atomic E-state index is 12.3. The lowest BCUT2D eigenvalue weighted by Crippen LogP contribution is -2.51. The van der Waals surface area contributed by atoms with Crippen molar-refractivity contribution in [3.63, 3.8) is 0 Å². The smallest absolute Gasteiger partial charge is 0.336 e. The molecule has 0 aliphatic carbocycles. The summed E-state index contributed by atoms with van der Waals surface area (Å²) in [5.41, 5.74) is 5.63. The largest absolute Gasteiger partial charge is 0.497 e. The number of nitrogens with two attached hydrogens (primary N) is 1. The Morgan fingerprint density at radius 3 is 2.78 bits per heavy atom. The monoisotopic (exact) mass is 373 g/mol. The molecule has 9 heteroatoms. The van der Waals surface area contributed by atoms with E-state index >= 15 is 0 Å². The van der Waals surface area contributed by atoms with E-state index in [0.29, 0.717) is 28.7 Å². The molecule has 1 aliphatic heterocycles. The molecule has 3 rings (SSSR count). The molecule has 1 aliphatic rings. The summed E-state index contributed by atoms with van der Waals surface area (Å²) in [4.78, 5) is 47.2. The summed E-state index contributed by atoms with van der Waals surface area (Å²) in [6, 6.07) is 4.48. The molecule has 1 aromatic carbocycles. The van der Waals surface area contributed by atoms with Crippen LogP contribution in [-0.2, 0) is 20.8 Å². The standard InChI is InChI=1S/C18H19N3O6/c1-26-10-2-3-11-9(7-16(23)27-14(11)8-10)6-13(17(19)24)21-18(25)12-4-5-15(22)20-12/h2-3,7-8,12-13H,4-6H2,1H3,(H2,19,24)(H,20,22)(H,21,25)/t12-,13+/m1/s1. The number of methoxy groups -OCH3 is 1. The summed E-state index contributed by atoms with van der Waals surface area (Å²) in [6.07, 6.45) is 0.621. The average Bonchev–Trinajstić information content (AvgIpc) is 3.06. The van der Waals surface area contributed by atoms with Gasteiger partial charge in [-0.15, -0.1) is 0 Å². The molecule has 2 atom stereocenters. The van der Waals surface area contributed by atoms with Gasteiger partial charge in [0.2, 0.25) is 17.7 Å². The number of fused-ring (bicyclic) bond motifs is 1. The lowest BCUT2D eigenvalue weighted by Gasteiger charge is -2.19. The number of carbonyl (C=O) groups excluding carboxylic acids is 3. The Morgan fingerprint density at radius 2 is 2.15 bits per heavy atom. The highest BCUT2D eigenvalue weighted by Crippen LogP contribution is 2.23. The fourth-order valence-corrected chi connectivity index (χ4v) is 3.03. The van der Waals surface area contributed by atoms with Gasteiger partial charge in [0.25, 0.3) is 0 Å². The van der Waals surface area contributed by atoms with E-state index in [2.05, 4.69) is 10.6 Å². The summed E-state index contributed by atoms with van der Waals surface area (Å²) < 4.78 is 10.3. The van der Waals surface area contributed by atoms with Gasteiger partial charge in [0.05, 0.1) is 7.11 Å². The minimum atomic E-state index is -1.04. The predicted octanol–water partition coefficient (Wildman–Crippen LogP) is -0.407. The number of benzene rings is 1.